The minimum Gasteiger partial charge on any atom is -0.299 e. The van der Waals surface area contributed by atoms with Gasteiger partial charge in [-0.2, -0.15) is 0 Å². The van der Waals surface area contributed by atoms with Gasteiger partial charge in [0.1, 0.15) is 0 Å². The Kier molecular flexibility index (Phi) is 5.86. The van der Waals surface area contributed by atoms with E-state index < -0.39 is 0 Å². The van der Waals surface area contributed by atoms with E-state index in [1.165, 1.54) is 43.5 Å². The molecule has 2 aromatic carbocycles. The van der Waals surface area contributed by atoms with Crippen LogP contribution in [0.4, 0.5) is 0 Å². The second kappa shape index (κ2) is 8.69. The van der Waals surface area contributed by atoms with E-state index in [4.69, 9.17) is 11.6 Å². The van der Waals surface area contributed by atoms with Crippen molar-refractivity contribution in [2.24, 2.45) is 5.92 Å². The number of piperidine rings is 1. The molecule has 0 bridgehead atoms. The Morgan fingerprint density at radius 1 is 0.852 bits per heavy atom. The first-order valence-electron chi connectivity index (χ1n) is 9.72. The van der Waals surface area contributed by atoms with E-state index in [2.05, 4.69) is 58.4 Å². The lowest BCUT2D eigenvalue weighted by Crippen LogP contribution is -2.33. The zero-order chi connectivity index (χ0) is 18.5. The molecule has 0 amide bonds. The van der Waals surface area contributed by atoms with Gasteiger partial charge >= 0.3 is 0 Å². The zero-order valence-corrected chi connectivity index (χ0v) is 16.3. The molecular formula is C24H25ClN2. The standard InChI is InChI=1S/C24H25ClN2/c25-24-8-6-22(7-9-24)23-15-21(16-26-17-23)18-27-12-10-20(11-13-27)14-19-4-2-1-3-5-19/h1-9,15-17,20H,10-14,18H2. The molecule has 2 heterocycles. The zero-order valence-electron chi connectivity index (χ0n) is 15.5. The molecular weight excluding hydrogens is 352 g/mol. The summed E-state index contributed by atoms with van der Waals surface area (Å²) in [7, 11) is 0. The van der Waals surface area contributed by atoms with Gasteiger partial charge in [-0.1, -0.05) is 54.1 Å². The highest BCUT2D eigenvalue weighted by molar-refractivity contribution is 6.30. The van der Waals surface area contributed by atoms with Crippen LogP contribution in [0.5, 0.6) is 0 Å². The lowest BCUT2D eigenvalue weighted by Gasteiger charge is -2.32. The molecule has 4 rings (SSSR count). The molecule has 0 spiro atoms. The van der Waals surface area contributed by atoms with Gasteiger partial charge in [0.2, 0.25) is 0 Å². The van der Waals surface area contributed by atoms with Crippen LogP contribution in [-0.4, -0.2) is 23.0 Å². The number of halogens is 1. The van der Waals surface area contributed by atoms with Crippen LogP contribution in [-0.2, 0) is 13.0 Å². The van der Waals surface area contributed by atoms with E-state index >= 15 is 0 Å². The smallest absolute Gasteiger partial charge is 0.0406 e. The summed E-state index contributed by atoms with van der Waals surface area (Å²) >= 11 is 6.00. The molecule has 27 heavy (non-hydrogen) atoms. The number of pyridine rings is 1. The van der Waals surface area contributed by atoms with Gasteiger partial charge in [0.15, 0.2) is 0 Å². The van der Waals surface area contributed by atoms with E-state index in [0.29, 0.717) is 0 Å². The molecule has 1 aliphatic rings. The monoisotopic (exact) mass is 376 g/mol. The van der Waals surface area contributed by atoms with Crippen LogP contribution < -0.4 is 0 Å². The lowest BCUT2D eigenvalue weighted by molar-refractivity contribution is 0.177. The second-order valence-corrected chi connectivity index (χ2v) is 7.93. The van der Waals surface area contributed by atoms with Crippen LogP contribution in [0.25, 0.3) is 11.1 Å². The molecule has 1 fully saturated rings. The summed E-state index contributed by atoms with van der Waals surface area (Å²) in [5.74, 6) is 0.808. The van der Waals surface area contributed by atoms with Gasteiger partial charge in [-0.05, 0) is 73.2 Å². The predicted molar refractivity (Wildman–Crippen MR) is 113 cm³/mol. The highest BCUT2D eigenvalue weighted by atomic mass is 35.5. The van der Waals surface area contributed by atoms with Crippen molar-refractivity contribution in [3.05, 3.63) is 89.2 Å². The summed E-state index contributed by atoms with van der Waals surface area (Å²) in [6, 6.07) is 21.1. The minimum atomic E-state index is 0.765. The van der Waals surface area contributed by atoms with Crippen LogP contribution in [0.15, 0.2) is 73.1 Å². The Hall–Kier alpha value is -2.16. The first kappa shape index (κ1) is 18.2. The quantitative estimate of drug-likeness (QED) is 0.554. The third-order valence-corrected chi connectivity index (χ3v) is 5.70. The Balaban J connectivity index is 1.34. The number of aromatic nitrogens is 1. The Morgan fingerprint density at radius 3 is 2.33 bits per heavy atom. The minimum absolute atomic E-state index is 0.765. The van der Waals surface area contributed by atoms with Gasteiger partial charge in [0, 0.05) is 29.5 Å². The Morgan fingerprint density at radius 2 is 1.59 bits per heavy atom. The number of benzene rings is 2. The fraction of sp³-hybridized carbons (Fsp3) is 0.292. The third kappa shape index (κ3) is 4.97. The van der Waals surface area contributed by atoms with Crippen LogP contribution in [0.1, 0.15) is 24.0 Å². The summed E-state index contributed by atoms with van der Waals surface area (Å²) in [6.45, 7) is 3.32. The van der Waals surface area contributed by atoms with Gasteiger partial charge < -0.3 is 0 Å². The normalized spacial score (nSPS) is 15.7. The summed E-state index contributed by atoms with van der Waals surface area (Å²) in [4.78, 5) is 7.02. The van der Waals surface area contributed by atoms with E-state index in [9.17, 15) is 0 Å². The summed E-state index contributed by atoms with van der Waals surface area (Å²) < 4.78 is 0. The maximum absolute atomic E-state index is 6.00. The fourth-order valence-corrected chi connectivity index (χ4v) is 4.05. The van der Waals surface area contributed by atoms with Gasteiger partial charge in [0.05, 0.1) is 0 Å². The molecule has 3 aromatic rings. The van der Waals surface area contributed by atoms with Crippen molar-refractivity contribution in [1.82, 2.24) is 9.88 Å². The molecule has 0 atom stereocenters. The molecule has 1 aliphatic heterocycles. The molecule has 0 saturated carbocycles. The maximum Gasteiger partial charge on any atom is 0.0406 e. The fourth-order valence-electron chi connectivity index (χ4n) is 3.93. The number of nitrogens with zero attached hydrogens (tertiary/aromatic N) is 2. The average molecular weight is 377 g/mol. The summed E-state index contributed by atoms with van der Waals surface area (Å²) in [6.07, 6.45) is 7.69. The van der Waals surface area contributed by atoms with Crippen LogP contribution >= 0.6 is 11.6 Å². The molecule has 1 aromatic heterocycles. The predicted octanol–water partition coefficient (Wildman–Crippen LogP) is 5.86. The van der Waals surface area contributed by atoms with Crippen molar-refractivity contribution in [1.29, 1.82) is 0 Å². The largest absolute Gasteiger partial charge is 0.299 e. The molecule has 0 radical (unpaired) electrons. The third-order valence-electron chi connectivity index (χ3n) is 5.45. The van der Waals surface area contributed by atoms with Crippen LogP contribution in [0.2, 0.25) is 5.02 Å². The summed E-state index contributed by atoms with van der Waals surface area (Å²) in [5, 5.41) is 0.765. The average Bonchev–Trinajstić information content (AvgIpc) is 2.71. The van der Waals surface area contributed by atoms with E-state index in [1.54, 1.807) is 0 Å². The number of hydrogen-bond donors (Lipinski definition) is 0. The first-order chi connectivity index (χ1) is 13.3. The number of likely N-dealkylation sites (tertiary alicyclic amines) is 1. The van der Waals surface area contributed by atoms with Crippen LogP contribution in [0, 0.1) is 5.92 Å². The second-order valence-electron chi connectivity index (χ2n) is 7.50. The number of rotatable bonds is 5. The van der Waals surface area contributed by atoms with E-state index in [0.717, 1.165) is 28.6 Å². The lowest BCUT2D eigenvalue weighted by atomic mass is 9.90. The summed E-state index contributed by atoms with van der Waals surface area (Å²) in [5.41, 5.74) is 5.07. The number of hydrogen-bond acceptors (Lipinski definition) is 2. The van der Waals surface area contributed by atoms with Crippen molar-refractivity contribution < 1.29 is 0 Å². The highest BCUT2D eigenvalue weighted by Crippen LogP contribution is 2.25. The van der Waals surface area contributed by atoms with Crippen molar-refractivity contribution in [3.63, 3.8) is 0 Å². The molecule has 3 heteroatoms. The van der Waals surface area contributed by atoms with Gasteiger partial charge in [-0.25, -0.2) is 0 Å². The first-order valence-corrected chi connectivity index (χ1v) is 10.1. The van der Waals surface area contributed by atoms with Crippen molar-refractivity contribution >= 4 is 11.6 Å². The molecule has 138 valence electrons. The van der Waals surface area contributed by atoms with E-state index in [-0.39, 0.29) is 0 Å². The molecule has 0 N–H and O–H groups in total. The molecule has 2 nitrogen and oxygen atoms in total. The topological polar surface area (TPSA) is 16.1 Å². The van der Waals surface area contributed by atoms with E-state index in [1.807, 2.05) is 24.5 Å². The molecule has 0 aliphatic carbocycles. The SMILES string of the molecule is Clc1ccc(-c2cncc(CN3CCC(Cc4ccccc4)CC3)c2)cc1. The van der Waals surface area contributed by atoms with Gasteiger partial charge in [-0.15, -0.1) is 0 Å². The van der Waals surface area contributed by atoms with Crippen molar-refractivity contribution in [2.45, 2.75) is 25.8 Å². The maximum atomic E-state index is 6.00. The highest BCUT2D eigenvalue weighted by Gasteiger charge is 2.19. The van der Waals surface area contributed by atoms with Gasteiger partial charge in [-0.3, -0.25) is 9.88 Å². The van der Waals surface area contributed by atoms with Crippen molar-refractivity contribution in [2.75, 3.05) is 13.1 Å². The molecule has 0 unspecified atom stereocenters. The molecule has 1 saturated heterocycles. The van der Waals surface area contributed by atoms with Crippen LogP contribution in [0.3, 0.4) is 0 Å². The Bertz CT molecular complexity index is 853. The van der Waals surface area contributed by atoms with Gasteiger partial charge in [0.25, 0.3) is 0 Å². The van der Waals surface area contributed by atoms with Crippen molar-refractivity contribution in [3.8, 4) is 11.1 Å². The Labute approximate surface area is 166 Å².